The van der Waals surface area contributed by atoms with Gasteiger partial charge < -0.3 is 5.73 Å². The van der Waals surface area contributed by atoms with Crippen molar-refractivity contribution >= 4 is 14.9 Å². The van der Waals surface area contributed by atoms with E-state index in [0.717, 1.165) is 7.17 Å². The summed E-state index contributed by atoms with van der Waals surface area (Å²) >= 11 is 0. The van der Waals surface area contributed by atoms with E-state index in [2.05, 4.69) is 7.74 Å². The molecule has 0 aliphatic carbocycles. The minimum atomic E-state index is 0.384. The smallest absolute Gasteiger partial charge is 0.103 e. The summed E-state index contributed by atoms with van der Waals surface area (Å²) in [5.74, 6) is 0.384. The first-order chi connectivity index (χ1) is 2.27. The van der Waals surface area contributed by atoms with Gasteiger partial charge in [-0.15, -0.1) is 0 Å². The molecule has 0 unspecified atom stereocenters. The zero-order valence-corrected chi connectivity index (χ0v) is 3.86. The first-order valence-corrected chi connectivity index (χ1v) is 2.03. The molecule has 2 N–H and O–H groups in total. The predicted molar refractivity (Wildman–Crippen MR) is 29.3 cm³/mol. The molecule has 0 rings (SSSR count). The monoisotopic (exact) mass is 69.1 g/mol. The molecule has 0 aliphatic heterocycles. The van der Waals surface area contributed by atoms with Crippen LogP contribution in [0.5, 0.6) is 0 Å². The molecule has 0 aliphatic rings. The van der Waals surface area contributed by atoms with Gasteiger partial charge in [-0.1, -0.05) is 6.92 Å². The highest BCUT2D eigenvalue weighted by Crippen LogP contribution is 1.58. The molecule has 0 saturated heterocycles. The summed E-state index contributed by atoms with van der Waals surface area (Å²) < 4.78 is 0. The maximum atomic E-state index is 5.29. The molecule has 1 nitrogen and oxygen atoms in total. The van der Waals surface area contributed by atoms with E-state index in [4.69, 9.17) is 5.73 Å². The second-order valence-electron chi connectivity index (χ2n) is 1.39. The van der Waals surface area contributed by atoms with Crippen LogP contribution < -0.4 is 5.73 Å². The third-order valence-corrected chi connectivity index (χ3v) is 0.644. The van der Waals surface area contributed by atoms with Crippen LogP contribution in [-0.4, -0.2) is 20.8 Å². The summed E-state index contributed by atoms with van der Waals surface area (Å²) in [5, 5.41) is 0. The van der Waals surface area contributed by atoms with Crippen molar-refractivity contribution in [2.45, 2.75) is 12.9 Å². The maximum absolute atomic E-state index is 5.29. The summed E-state index contributed by atoms with van der Waals surface area (Å²) in [6, 6.07) is 0. The van der Waals surface area contributed by atoms with Crippen LogP contribution in [0.4, 0.5) is 0 Å². The van der Waals surface area contributed by atoms with Crippen molar-refractivity contribution in [3.8, 4) is 0 Å². The standard InChI is InChI=1S/C2H9B2N/c1-2(5)4-3/h2,4H,3,5H2,1H3/t2-/m0/s1. The zero-order valence-electron chi connectivity index (χ0n) is 3.86. The summed E-state index contributed by atoms with van der Waals surface area (Å²) in [7, 11) is 3.16. The molecule has 0 aromatic rings. The largest absolute Gasteiger partial charge is 0.336 e. The van der Waals surface area contributed by atoms with Gasteiger partial charge in [-0.3, -0.25) is 0 Å². The van der Waals surface area contributed by atoms with E-state index in [1.807, 2.05) is 6.92 Å². The van der Waals surface area contributed by atoms with Crippen molar-refractivity contribution in [2.24, 2.45) is 5.73 Å². The number of rotatable bonds is 1. The Morgan fingerprint density at radius 3 is 2.20 bits per heavy atom. The van der Waals surface area contributed by atoms with Gasteiger partial charge in [0, 0.05) is 0 Å². The molecule has 0 saturated carbocycles. The first kappa shape index (κ1) is 5.09. The molecule has 1 atom stereocenters. The fourth-order valence-corrected chi connectivity index (χ4v) is 0. The molecule has 0 aromatic heterocycles. The molecule has 0 radical (unpaired) electrons. The van der Waals surface area contributed by atoms with Crippen LogP contribution in [0.3, 0.4) is 0 Å². The third-order valence-electron chi connectivity index (χ3n) is 0.644. The Hall–Kier alpha value is 0.0899. The van der Waals surface area contributed by atoms with E-state index in [-0.39, 0.29) is 0 Å². The van der Waals surface area contributed by atoms with Gasteiger partial charge in [-0.05, 0) is 5.94 Å². The molecule has 0 spiro atoms. The molecule has 0 fully saturated rings. The van der Waals surface area contributed by atoms with Gasteiger partial charge in [-0.25, -0.2) is 0 Å². The molecule has 0 heterocycles. The molecular formula is C2H9B2N. The average molecular weight is 68.7 g/mol. The Morgan fingerprint density at radius 2 is 2.20 bits per heavy atom. The fourth-order valence-electron chi connectivity index (χ4n) is 0. The SMILES string of the molecule is BB[C@H](C)N. The van der Waals surface area contributed by atoms with Crippen molar-refractivity contribution in [1.82, 2.24) is 0 Å². The Bertz CT molecular complexity index is 21.6. The van der Waals surface area contributed by atoms with Crippen LogP contribution in [-0.2, 0) is 0 Å². The highest BCUT2D eigenvalue weighted by Gasteiger charge is 1.83. The second kappa shape index (κ2) is 2.33. The van der Waals surface area contributed by atoms with Crippen molar-refractivity contribution in [3.63, 3.8) is 0 Å². The van der Waals surface area contributed by atoms with Gasteiger partial charge in [0.25, 0.3) is 0 Å². The number of hydrogen-bond acceptors (Lipinski definition) is 1. The molecule has 0 bridgehead atoms. The summed E-state index contributed by atoms with van der Waals surface area (Å²) in [6.45, 7) is 2.00. The fraction of sp³-hybridized carbons (Fsp3) is 1.00. The van der Waals surface area contributed by atoms with Gasteiger partial charge in [-0.2, -0.15) is 0 Å². The lowest BCUT2D eigenvalue weighted by molar-refractivity contribution is 1.03. The van der Waals surface area contributed by atoms with E-state index in [0.29, 0.717) is 5.94 Å². The molecule has 28 valence electrons. The Morgan fingerprint density at radius 1 is 2.00 bits per heavy atom. The van der Waals surface area contributed by atoms with E-state index < -0.39 is 0 Å². The lowest BCUT2D eigenvalue weighted by Gasteiger charge is -1.89. The quantitative estimate of drug-likeness (QED) is 0.364. The van der Waals surface area contributed by atoms with Crippen molar-refractivity contribution in [3.05, 3.63) is 0 Å². The van der Waals surface area contributed by atoms with Crippen LogP contribution in [0, 0.1) is 0 Å². The number of nitrogens with two attached hydrogens (primary N) is 1. The van der Waals surface area contributed by atoms with Crippen LogP contribution in [0.1, 0.15) is 6.92 Å². The van der Waals surface area contributed by atoms with Crippen molar-refractivity contribution < 1.29 is 0 Å². The lowest BCUT2D eigenvalue weighted by atomic mass is 9.51. The molecule has 0 amide bonds. The summed E-state index contributed by atoms with van der Waals surface area (Å²) in [4.78, 5) is 0. The van der Waals surface area contributed by atoms with Gasteiger partial charge in [0.15, 0.2) is 0 Å². The number of hydrogen-bond donors (Lipinski definition) is 1. The van der Waals surface area contributed by atoms with E-state index in [1.54, 1.807) is 0 Å². The Kier molecular flexibility index (Phi) is 2.38. The molecule has 3 heteroatoms. The highest BCUT2D eigenvalue weighted by molar-refractivity contribution is 6.90. The zero-order chi connectivity index (χ0) is 4.28. The van der Waals surface area contributed by atoms with E-state index in [9.17, 15) is 0 Å². The second-order valence-corrected chi connectivity index (χ2v) is 1.39. The van der Waals surface area contributed by atoms with Crippen molar-refractivity contribution in [2.75, 3.05) is 0 Å². The van der Waals surface area contributed by atoms with Gasteiger partial charge in [0.05, 0.1) is 7.74 Å². The maximum Gasteiger partial charge on any atom is 0.103 e. The Labute approximate surface area is 34.6 Å². The first-order valence-electron chi connectivity index (χ1n) is 2.03. The average Bonchev–Trinajstić information content (AvgIpc) is 1.38. The molecular weight excluding hydrogens is 59.7 g/mol. The van der Waals surface area contributed by atoms with E-state index >= 15 is 0 Å². The molecule has 0 aromatic carbocycles. The van der Waals surface area contributed by atoms with Gasteiger partial charge >= 0.3 is 0 Å². The highest BCUT2D eigenvalue weighted by atomic mass is 14.5. The van der Waals surface area contributed by atoms with Crippen molar-refractivity contribution in [1.29, 1.82) is 0 Å². The van der Waals surface area contributed by atoms with Crippen LogP contribution in [0.2, 0.25) is 0 Å². The van der Waals surface area contributed by atoms with Crippen LogP contribution in [0.25, 0.3) is 0 Å². The summed E-state index contributed by atoms with van der Waals surface area (Å²) in [5.41, 5.74) is 5.29. The van der Waals surface area contributed by atoms with Gasteiger partial charge in [0.2, 0.25) is 0 Å². The molecule has 5 heavy (non-hydrogen) atoms. The summed E-state index contributed by atoms with van der Waals surface area (Å²) in [6.07, 6.45) is 0. The predicted octanol–water partition coefficient (Wildman–Crippen LogP) is -1.72. The van der Waals surface area contributed by atoms with Crippen LogP contribution >= 0.6 is 0 Å². The lowest BCUT2D eigenvalue weighted by Crippen LogP contribution is -2.22. The Balaban J connectivity index is 2.54. The minimum absolute atomic E-state index is 0.384. The van der Waals surface area contributed by atoms with Gasteiger partial charge in [0.1, 0.15) is 7.17 Å². The minimum Gasteiger partial charge on any atom is -0.336 e. The normalized spacial score (nSPS) is 14.0. The van der Waals surface area contributed by atoms with Crippen LogP contribution in [0.15, 0.2) is 0 Å². The topological polar surface area (TPSA) is 26.0 Å². The van der Waals surface area contributed by atoms with E-state index in [1.165, 1.54) is 0 Å². The third kappa shape index (κ3) is 4.09.